The molecule has 0 saturated carbocycles. The maximum Gasteiger partial charge on any atom is 0.274 e. The van der Waals surface area contributed by atoms with Gasteiger partial charge in [0.2, 0.25) is 0 Å². The average Bonchev–Trinajstić information content (AvgIpc) is 2.77. The molecule has 92 valence electrons. The van der Waals surface area contributed by atoms with Gasteiger partial charge in [-0.2, -0.15) is 0 Å². The number of rotatable bonds is 1. The normalized spacial score (nSPS) is 12.3. The lowest BCUT2D eigenvalue weighted by molar-refractivity contribution is 0.602. The first-order valence-electron chi connectivity index (χ1n) is 5.15. The van der Waals surface area contributed by atoms with Crippen LogP contribution in [0.5, 0.6) is 0 Å². The summed E-state index contributed by atoms with van der Waals surface area (Å²) < 4.78 is 24.6. The molecule has 0 saturated heterocycles. The van der Waals surface area contributed by atoms with E-state index >= 15 is 0 Å². The fourth-order valence-corrected chi connectivity index (χ4v) is 2.53. The molecule has 0 aliphatic rings. The second kappa shape index (κ2) is 3.42. The Morgan fingerprint density at radius 3 is 2.78 bits per heavy atom. The molecular formula is C11H9N3O3S. The molecule has 0 bridgehead atoms. The van der Waals surface area contributed by atoms with Gasteiger partial charge in [-0.3, -0.25) is 9.20 Å². The van der Waals surface area contributed by atoms with Gasteiger partial charge >= 0.3 is 0 Å². The van der Waals surface area contributed by atoms with Gasteiger partial charge in [-0.15, -0.1) is 0 Å². The van der Waals surface area contributed by atoms with E-state index in [0.29, 0.717) is 16.6 Å². The zero-order valence-electron chi connectivity index (χ0n) is 9.41. The maximum atomic E-state index is 11.7. The van der Waals surface area contributed by atoms with Crippen molar-refractivity contribution in [2.75, 3.05) is 6.26 Å². The van der Waals surface area contributed by atoms with Gasteiger partial charge in [0.1, 0.15) is 5.52 Å². The number of H-pyrrole nitrogens is 1. The van der Waals surface area contributed by atoms with Gasteiger partial charge in [0.15, 0.2) is 9.84 Å². The lowest BCUT2D eigenvalue weighted by Gasteiger charge is -2.04. The predicted octanol–water partition coefficient (Wildman–Crippen LogP) is 0.579. The summed E-state index contributed by atoms with van der Waals surface area (Å²) in [5, 5.41) is 0. The molecule has 0 radical (unpaired) electrons. The third-order valence-electron chi connectivity index (χ3n) is 2.78. The monoisotopic (exact) mass is 263 g/mol. The number of nitrogens with zero attached hydrogens (tertiary/aromatic N) is 2. The number of hydrogen-bond acceptors (Lipinski definition) is 4. The van der Waals surface area contributed by atoms with Gasteiger partial charge in [0.25, 0.3) is 5.56 Å². The second-order valence-corrected chi connectivity index (χ2v) is 6.07. The first kappa shape index (κ1) is 11.0. The minimum Gasteiger partial charge on any atom is -0.319 e. The Morgan fingerprint density at radius 2 is 2.06 bits per heavy atom. The number of hydrogen-bond donors (Lipinski definition) is 1. The van der Waals surface area contributed by atoms with Gasteiger partial charge in [0, 0.05) is 6.26 Å². The van der Waals surface area contributed by atoms with Gasteiger partial charge in [-0.25, -0.2) is 13.4 Å². The van der Waals surface area contributed by atoms with Crippen molar-refractivity contribution < 1.29 is 8.42 Å². The third-order valence-corrected chi connectivity index (χ3v) is 3.89. The quantitative estimate of drug-likeness (QED) is 0.696. The number of nitrogens with one attached hydrogen (secondary N) is 1. The van der Waals surface area contributed by atoms with Crippen molar-refractivity contribution in [2.45, 2.75) is 4.90 Å². The first-order valence-corrected chi connectivity index (χ1v) is 7.04. The highest BCUT2D eigenvalue weighted by atomic mass is 32.2. The average molecular weight is 263 g/mol. The zero-order chi connectivity index (χ0) is 12.9. The Morgan fingerprint density at radius 1 is 1.28 bits per heavy atom. The van der Waals surface area contributed by atoms with Crippen molar-refractivity contribution in [3.8, 4) is 0 Å². The largest absolute Gasteiger partial charge is 0.319 e. The van der Waals surface area contributed by atoms with E-state index in [9.17, 15) is 13.2 Å². The van der Waals surface area contributed by atoms with Crippen LogP contribution in [0.15, 0.2) is 40.4 Å². The van der Waals surface area contributed by atoms with Crippen LogP contribution in [0.3, 0.4) is 0 Å². The van der Waals surface area contributed by atoms with Crippen LogP contribution in [-0.2, 0) is 9.84 Å². The van der Waals surface area contributed by atoms with Crippen molar-refractivity contribution >= 4 is 26.4 Å². The van der Waals surface area contributed by atoms with Crippen LogP contribution in [-0.4, -0.2) is 29.0 Å². The molecular weight excluding hydrogens is 254 g/mol. The van der Waals surface area contributed by atoms with Crippen LogP contribution in [0.25, 0.3) is 16.6 Å². The molecule has 18 heavy (non-hydrogen) atoms. The maximum absolute atomic E-state index is 11.7. The first-order chi connectivity index (χ1) is 8.47. The molecule has 0 unspecified atom stereocenters. The van der Waals surface area contributed by atoms with Crippen molar-refractivity contribution in [2.24, 2.45) is 0 Å². The number of sulfone groups is 1. The minimum absolute atomic E-state index is 0.206. The number of aromatic amines is 1. The van der Waals surface area contributed by atoms with Gasteiger partial charge in [0.05, 0.1) is 28.5 Å². The van der Waals surface area contributed by atoms with Crippen LogP contribution >= 0.6 is 0 Å². The van der Waals surface area contributed by atoms with E-state index in [1.165, 1.54) is 24.7 Å². The zero-order valence-corrected chi connectivity index (χ0v) is 10.2. The number of fused-ring (bicyclic) bond motifs is 3. The second-order valence-electron chi connectivity index (χ2n) is 4.05. The summed E-state index contributed by atoms with van der Waals surface area (Å²) in [6, 6.07) is 4.57. The molecule has 3 rings (SSSR count). The van der Waals surface area contributed by atoms with Crippen molar-refractivity contribution in [3.05, 3.63) is 41.1 Å². The summed E-state index contributed by atoms with van der Waals surface area (Å²) in [5.41, 5.74) is 1.29. The van der Waals surface area contributed by atoms with Crippen LogP contribution in [0.1, 0.15) is 0 Å². The van der Waals surface area contributed by atoms with Gasteiger partial charge < -0.3 is 4.98 Å². The standard InChI is InChI=1S/C11H9N3O3S/c1-18(16,17)7-2-3-8-9(4-7)14-6-12-5-10(14)11(15)13-8/h2-6H,1H3,(H,13,15). The van der Waals surface area contributed by atoms with E-state index in [0.717, 1.165) is 6.26 Å². The lowest BCUT2D eigenvalue weighted by atomic mass is 10.3. The predicted molar refractivity (Wildman–Crippen MR) is 66.4 cm³/mol. The van der Waals surface area contributed by atoms with Crippen LogP contribution in [0, 0.1) is 0 Å². The highest BCUT2D eigenvalue weighted by molar-refractivity contribution is 7.90. The Bertz CT molecular complexity index is 922. The van der Waals surface area contributed by atoms with E-state index in [2.05, 4.69) is 9.97 Å². The van der Waals surface area contributed by atoms with Crippen molar-refractivity contribution in [1.29, 1.82) is 0 Å². The van der Waals surface area contributed by atoms with E-state index in [-0.39, 0.29) is 10.5 Å². The van der Waals surface area contributed by atoms with E-state index in [1.807, 2.05) is 0 Å². The molecule has 7 heteroatoms. The molecule has 0 spiro atoms. The number of imidazole rings is 1. The summed E-state index contributed by atoms with van der Waals surface area (Å²) in [6.45, 7) is 0. The van der Waals surface area contributed by atoms with E-state index in [4.69, 9.17) is 0 Å². The molecule has 0 amide bonds. The molecule has 0 aliphatic heterocycles. The Hall–Kier alpha value is -2.15. The Balaban J connectivity index is 2.54. The van der Waals surface area contributed by atoms with Crippen LogP contribution in [0.2, 0.25) is 0 Å². The van der Waals surface area contributed by atoms with Gasteiger partial charge in [-0.1, -0.05) is 0 Å². The molecule has 0 atom stereocenters. The van der Waals surface area contributed by atoms with Crippen LogP contribution < -0.4 is 5.56 Å². The summed E-state index contributed by atoms with van der Waals surface area (Å²) in [6.07, 6.45) is 4.06. The molecule has 1 aromatic carbocycles. The topological polar surface area (TPSA) is 84.3 Å². The fraction of sp³-hybridized carbons (Fsp3) is 0.0909. The SMILES string of the molecule is CS(=O)(=O)c1ccc2[nH]c(=O)c3cncn3c2c1. The van der Waals surface area contributed by atoms with Crippen LogP contribution in [0.4, 0.5) is 0 Å². The number of benzene rings is 1. The fourth-order valence-electron chi connectivity index (χ4n) is 1.89. The minimum atomic E-state index is -3.28. The number of aromatic nitrogens is 3. The lowest BCUT2D eigenvalue weighted by Crippen LogP contribution is -2.10. The Labute approximate surface area is 102 Å². The molecule has 0 aliphatic carbocycles. The van der Waals surface area contributed by atoms with Crippen molar-refractivity contribution in [1.82, 2.24) is 14.4 Å². The molecule has 1 N–H and O–H groups in total. The summed E-state index contributed by atoms with van der Waals surface area (Å²) in [5.74, 6) is 0. The molecule has 0 fully saturated rings. The smallest absolute Gasteiger partial charge is 0.274 e. The van der Waals surface area contributed by atoms with Gasteiger partial charge in [-0.05, 0) is 18.2 Å². The third kappa shape index (κ3) is 1.52. The summed E-state index contributed by atoms with van der Waals surface area (Å²) in [7, 11) is -3.28. The molecule has 6 nitrogen and oxygen atoms in total. The molecule has 3 aromatic rings. The highest BCUT2D eigenvalue weighted by Crippen LogP contribution is 2.17. The molecule has 2 aromatic heterocycles. The summed E-state index contributed by atoms with van der Waals surface area (Å²) >= 11 is 0. The summed E-state index contributed by atoms with van der Waals surface area (Å²) in [4.78, 5) is 18.5. The highest BCUT2D eigenvalue weighted by Gasteiger charge is 2.10. The Kier molecular flexibility index (Phi) is 2.09. The molecule has 2 heterocycles. The van der Waals surface area contributed by atoms with E-state index < -0.39 is 9.84 Å². The van der Waals surface area contributed by atoms with Crippen molar-refractivity contribution in [3.63, 3.8) is 0 Å². The van der Waals surface area contributed by atoms with E-state index in [1.54, 1.807) is 10.5 Å².